The fraction of sp³-hybridized carbons (Fsp3) is 0.250. The summed E-state index contributed by atoms with van der Waals surface area (Å²) in [6, 6.07) is 4.95. The molecule has 2 rings (SSSR count). The van der Waals surface area contributed by atoms with Crippen LogP contribution in [-0.2, 0) is 16.6 Å². The quantitative estimate of drug-likeness (QED) is 0.885. The van der Waals surface area contributed by atoms with Crippen LogP contribution in [0.4, 0.5) is 5.69 Å². The highest BCUT2D eigenvalue weighted by molar-refractivity contribution is 7.93. The van der Waals surface area contributed by atoms with Gasteiger partial charge in [0, 0.05) is 28.7 Å². The Hall–Kier alpha value is -1.44. The van der Waals surface area contributed by atoms with Gasteiger partial charge >= 0.3 is 0 Å². The van der Waals surface area contributed by atoms with E-state index in [1.807, 2.05) is 14.0 Å². The van der Waals surface area contributed by atoms with Crippen molar-refractivity contribution in [1.29, 1.82) is 0 Å². The molecule has 0 aliphatic rings. The van der Waals surface area contributed by atoms with Crippen molar-refractivity contribution < 1.29 is 8.42 Å². The molecule has 0 fully saturated rings. The number of nitrogens with one attached hydrogen (secondary N) is 2. The summed E-state index contributed by atoms with van der Waals surface area (Å²) in [4.78, 5) is 5.97. The Bertz CT molecular complexity index is 651. The molecule has 2 N–H and O–H groups in total. The van der Waals surface area contributed by atoms with Gasteiger partial charge in [0.15, 0.2) is 0 Å². The SMILES string of the molecule is CNCc1cc(S(=O)(=O)Nc2ccncc2)c(C)s1. The molecule has 0 aromatic carbocycles. The first-order chi connectivity index (χ1) is 9.03. The Morgan fingerprint density at radius 1 is 1.32 bits per heavy atom. The van der Waals surface area contributed by atoms with Gasteiger partial charge in [-0.2, -0.15) is 0 Å². The molecule has 0 amide bonds. The summed E-state index contributed by atoms with van der Waals surface area (Å²) in [5, 5.41) is 3.01. The van der Waals surface area contributed by atoms with E-state index in [0.717, 1.165) is 9.75 Å². The van der Waals surface area contributed by atoms with Crippen molar-refractivity contribution in [3.05, 3.63) is 40.3 Å². The van der Waals surface area contributed by atoms with E-state index in [9.17, 15) is 8.42 Å². The molecule has 5 nitrogen and oxygen atoms in total. The van der Waals surface area contributed by atoms with Crippen molar-refractivity contribution in [3.8, 4) is 0 Å². The number of pyridine rings is 1. The van der Waals surface area contributed by atoms with Crippen molar-refractivity contribution in [2.75, 3.05) is 11.8 Å². The van der Waals surface area contributed by atoms with Crippen LogP contribution in [0.5, 0.6) is 0 Å². The Morgan fingerprint density at radius 3 is 2.63 bits per heavy atom. The summed E-state index contributed by atoms with van der Waals surface area (Å²) in [7, 11) is -1.70. The topological polar surface area (TPSA) is 71.1 Å². The first-order valence-electron chi connectivity index (χ1n) is 5.69. The van der Waals surface area contributed by atoms with Crippen molar-refractivity contribution >= 4 is 27.0 Å². The molecule has 0 spiro atoms. The average Bonchev–Trinajstić information content (AvgIpc) is 2.72. The maximum atomic E-state index is 12.3. The largest absolute Gasteiger partial charge is 0.315 e. The van der Waals surface area contributed by atoms with Gasteiger partial charge in [-0.15, -0.1) is 11.3 Å². The highest BCUT2D eigenvalue weighted by atomic mass is 32.2. The number of thiophene rings is 1. The van der Waals surface area contributed by atoms with Crippen LogP contribution in [0.3, 0.4) is 0 Å². The van der Waals surface area contributed by atoms with Gasteiger partial charge in [-0.05, 0) is 32.2 Å². The van der Waals surface area contributed by atoms with E-state index in [0.29, 0.717) is 17.1 Å². The van der Waals surface area contributed by atoms with Gasteiger partial charge in [0.25, 0.3) is 10.0 Å². The molecule has 0 aliphatic carbocycles. The van der Waals surface area contributed by atoms with E-state index in [1.54, 1.807) is 30.6 Å². The molecule has 7 heteroatoms. The molecule has 0 bridgehead atoms. The van der Waals surface area contributed by atoms with Crippen molar-refractivity contribution in [2.45, 2.75) is 18.4 Å². The molecular weight excluding hydrogens is 282 g/mol. The Balaban J connectivity index is 2.29. The van der Waals surface area contributed by atoms with Gasteiger partial charge in [-0.1, -0.05) is 0 Å². The third-order valence-electron chi connectivity index (χ3n) is 2.50. The van der Waals surface area contributed by atoms with Crippen LogP contribution in [0.25, 0.3) is 0 Å². The van der Waals surface area contributed by atoms with Crippen LogP contribution in [0, 0.1) is 6.92 Å². The second-order valence-electron chi connectivity index (χ2n) is 4.00. The lowest BCUT2D eigenvalue weighted by molar-refractivity contribution is 0.601. The summed E-state index contributed by atoms with van der Waals surface area (Å²) in [5.41, 5.74) is 0.510. The summed E-state index contributed by atoms with van der Waals surface area (Å²) >= 11 is 1.48. The molecule has 0 unspecified atom stereocenters. The van der Waals surface area contributed by atoms with Gasteiger partial charge in [0.05, 0.1) is 5.69 Å². The lowest BCUT2D eigenvalue weighted by Gasteiger charge is -2.06. The van der Waals surface area contributed by atoms with Gasteiger partial charge in [0.1, 0.15) is 4.90 Å². The maximum absolute atomic E-state index is 12.3. The number of hydrogen-bond donors (Lipinski definition) is 2. The molecule has 0 atom stereocenters. The van der Waals surface area contributed by atoms with Crippen LogP contribution in [0.2, 0.25) is 0 Å². The molecule has 0 saturated carbocycles. The molecule has 0 saturated heterocycles. The zero-order valence-electron chi connectivity index (χ0n) is 10.7. The van der Waals surface area contributed by atoms with Crippen LogP contribution in [-0.4, -0.2) is 20.4 Å². The van der Waals surface area contributed by atoms with Gasteiger partial charge in [0.2, 0.25) is 0 Å². The molecular formula is C12H15N3O2S2. The van der Waals surface area contributed by atoms with Crippen LogP contribution in [0.15, 0.2) is 35.5 Å². The first-order valence-corrected chi connectivity index (χ1v) is 7.99. The highest BCUT2D eigenvalue weighted by Gasteiger charge is 2.19. The summed E-state index contributed by atoms with van der Waals surface area (Å²) in [6.45, 7) is 2.47. The number of aryl methyl sites for hydroxylation is 1. The number of anilines is 1. The van der Waals surface area contributed by atoms with Gasteiger partial charge < -0.3 is 5.32 Å². The lowest BCUT2D eigenvalue weighted by Crippen LogP contribution is -2.13. The summed E-state index contributed by atoms with van der Waals surface area (Å²) in [5.74, 6) is 0. The number of rotatable bonds is 5. The smallest absolute Gasteiger partial charge is 0.263 e. The predicted molar refractivity (Wildman–Crippen MR) is 76.9 cm³/mol. The molecule has 0 aliphatic heterocycles. The minimum Gasteiger partial charge on any atom is -0.315 e. The number of hydrogen-bond acceptors (Lipinski definition) is 5. The molecule has 2 aromatic rings. The fourth-order valence-electron chi connectivity index (χ4n) is 1.68. The van der Waals surface area contributed by atoms with E-state index in [4.69, 9.17) is 0 Å². The Labute approximate surface area is 116 Å². The lowest BCUT2D eigenvalue weighted by atomic mass is 10.4. The summed E-state index contributed by atoms with van der Waals surface area (Å²) in [6.07, 6.45) is 3.09. The molecule has 19 heavy (non-hydrogen) atoms. The van der Waals surface area contributed by atoms with Crippen LogP contribution in [0.1, 0.15) is 9.75 Å². The third kappa shape index (κ3) is 3.31. The minimum absolute atomic E-state index is 0.333. The predicted octanol–water partition coefficient (Wildman–Crippen LogP) is 1.97. The van der Waals surface area contributed by atoms with Crippen molar-refractivity contribution in [1.82, 2.24) is 10.3 Å². The minimum atomic E-state index is -3.54. The van der Waals surface area contributed by atoms with E-state index in [1.165, 1.54) is 11.3 Å². The van der Waals surface area contributed by atoms with Crippen molar-refractivity contribution in [3.63, 3.8) is 0 Å². The van der Waals surface area contributed by atoms with Crippen LogP contribution < -0.4 is 10.0 Å². The van der Waals surface area contributed by atoms with Crippen molar-refractivity contribution in [2.24, 2.45) is 0 Å². The maximum Gasteiger partial charge on any atom is 0.263 e. The monoisotopic (exact) mass is 297 g/mol. The Morgan fingerprint density at radius 2 is 2.00 bits per heavy atom. The third-order valence-corrected chi connectivity index (χ3v) is 5.18. The molecule has 102 valence electrons. The van der Waals surface area contributed by atoms with E-state index < -0.39 is 10.0 Å². The van der Waals surface area contributed by atoms with Gasteiger partial charge in [-0.25, -0.2) is 8.42 Å². The second-order valence-corrected chi connectivity index (χ2v) is 7.00. The normalized spacial score (nSPS) is 11.5. The Kier molecular flexibility index (Phi) is 4.18. The molecule has 2 aromatic heterocycles. The highest BCUT2D eigenvalue weighted by Crippen LogP contribution is 2.27. The molecule has 0 radical (unpaired) electrons. The van der Waals surface area contributed by atoms with Crippen LogP contribution >= 0.6 is 11.3 Å². The fourth-order valence-corrected chi connectivity index (χ4v) is 4.39. The molecule has 2 heterocycles. The van der Waals surface area contributed by atoms with E-state index in [2.05, 4.69) is 15.0 Å². The zero-order chi connectivity index (χ0) is 13.9. The van der Waals surface area contributed by atoms with Gasteiger partial charge in [-0.3, -0.25) is 9.71 Å². The number of sulfonamides is 1. The van der Waals surface area contributed by atoms with E-state index >= 15 is 0 Å². The first kappa shape index (κ1) is 14.0. The van der Waals surface area contributed by atoms with E-state index in [-0.39, 0.29) is 0 Å². The number of nitrogens with zero attached hydrogens (tertiary/aromatic N) is 1. The zero-order valence-corrected chi connectivity index (χ0v) is 12.3. The standard InChI is InChI=1S/C12H15N3O2S2/c1-9-12(7-11(18-9)8-13-2)19(16,17)15-10-3-5-14-6-4-10/h3-7,13H,8H2,1-2H3,(H,14,15). The second kappa shape index (κ2) is 5.68. The summed E-state index contributed by atoms with van der Waals surface area (Å²) < 4.78 is 27.1. The number of aromatic nitrogens is 1. The average molecular weight is 297 g/mol.